The fraction of sp³-hybridized carbons (Fsp3) is 0.700. The standard InChI is InChI=1S/C10H18O2/c1-8(7-11)5-6-9(12)10(2,3)4/h5,7,9,12H,6H2,1-4H3/b8-5+. The fourth-order valence-electron chi connectivity index (χ4n) is 0.699. The van der Waals surface area contributed by atoms with E-state index >= 15 is 0 Å². The van der Waals surface area contributed by atoms with Gasteiger partial charge in [0.2, 0.25) is 0 Å². The van der Waals surface area contributed by atoms with Crippen molar-refractivity contribution in [3.63, 3.8) is 0 Å². The molecule has 0 bridgehead atoms. The Morgan fingerprint density at radius 1 is 1.50 bits per heavy atom. The number of carbonyl (C=O) groups excluding carboxylic acids is 1. The number of hydrogen-bond donors (Lipinski definition) is 1. The first-order chi connectivity index (χ1) is 5.38. The highest BCUT2D eigenvalue weighted by Crippen LogP contribution is 2.21. The Balaban J connectivity index is 4.03. The van der Waals surface area contributed by atoms with E-state index in [9.17, 15) is 9.90 Å². The molecule has 0 aliphatic heterocycles. The zero-order valence-electron chi connectivity index (χ0n) is 8.29. The lowest BCUT2D eigenvalue weighted by atomic mass is 9.87. The molecule has 0 heterocycles. The zero-order valence-corrected chi connectivity index (χ0v) is 8.29. The third kappa shape index (κ3) is 4.29. The molecule has 12 heavy (non-hydrogen) atoms. The monoisotopic (exact) mass is 170 g/mol. The number of rotatable bonds is 3. The van der Waals surface area contributed by atoms with Gasteiger partial charge in [-0.15, -0.1) is 0 Å². The van der Waals surface area contributed by atoms with Crippen molar-refractivity contribution in [2.45, 2.75) is 40.2 Å². The van der Waals surface area contributed by atoms with Gasteiger partial charge in [0.15, 0.2) is 0 Å². The highest BCUT2D eigenvalue weighted by Gasteiger charge is 2.20. The number of hydrogen-bond acceptors (Lipinski definition) is 2. The van der Waals surface area contributed by atoms with Crippen molar-refractivity contribution >= 4 is 6.29 Å². The third-order valence-electron chi connectivity index (χ3n) is 1.85. The molecular formula is C10H18O2. The predicted octanol–water partition coefficient (Wildman–Crippen LogP) is 1.93. The van der Waals surface area contributed by atoms with Crippen LogP contribution in [0.3, 0.4) is 0 Å². The summed E-state index contributed by atoms with van der Waals surface area (Å²) in [6.07, 6.45) is 2.74. The summed E-state index contributed by atoms with van der Waals surface area (Å²) in [4.78, 5) is 10.2. The van der Waals surface area contributed by atoms with Gasteiger partial charge in [-0.2, -0.15) is 0 Å². The van der Waals surface area contributed by atoms with Crippen LogP contribution in [0.25, 0.3) is 0 Å². The average Bonchev–Trinajstić information content (AvgIpc) is 1.97. The molecule has 0 rings (SSSR count). The van der Waals surface area contributed by atoms with E-state index in [1.807, 2.05) is 20.8 Å². The summed E-state index contributed by atoms with van der Waals surface area (Å²) in [5, 5.41) is 9.57. The smallest absolute Gasteiger partial charge is 0.145 e. The predicted molar refractivity (Wildman–Crippen MR) is 49.9 cm³/mol. The van der Waals surface area contributed by atoms with E-state index in [1.165, 1.54) is 0 Å². The minimum absolute atomic E-state index is 0.111. The van der Waals surface area contributed by atoms with Crippen molar-refractivity contribution < 1.29 is 9.90 Å². The van der Waals surface area contributed by atoms with Crippen molar-refractivity contribution in [3.05, 3.63) is 11.6 Å². The lowest BCUT2D eigenvalue weighted by Gasteiger charge is -2.24. The largest absolute Gasteiger partial charge is 0.392 e. The minimum Gasteiger partial charge on any atom is -0.392 e. The van der Waals surface area contributed by atoms with E-state index in [4.69, 9.17) is 0 Å². The van der Waals surface area contributed by atoms with E-state index in [1.54, 1.807) is 13.0 Å². The summed E-state index contributed by atoms with van der Waals surface area (Å²) < 4.78 is 0. The molecule has 1 N–H and O–H groups in total. The summed E-state index contributed by atoms with van der Waals surface area (Å²) >= 11 is 0. The number of aliphatic hydroxyl groups is 1. The van der Waals surface area contributed by atoms with Crippen molar-refractivity contribution in [1.29, 1.82) is 0 Å². The maximum absolute atomic E-state index is 10.2. The van der Waals surface area contributed by atoms with E-state index in [0.29, 0.717) is 12.0 Å². The number of aldehydes is 1. The summed E-state index contributed by atoms with van der Waals surface area (Å²) in [6, 6.07) is 0. The van der Waals surface area contributed by atoms with E-state index < -0.39 is 0 Å². The van der Waals surface area contributed by atoms with Crippen LogP contribution in [-0.2, 0) is 4.79 Å². The molecule has 0 spiro atoms. The van der Waals surface area contributed by atoms with E-state index in [-0.39, 0.29) is 11.5 Å². The molecule has 0 aromatic heterocycles. The number of carbonyl (C=O) groups is 1. The summed E-state index contributed by atoms with van der Waals surface area (Å²) in [7, 11) is 0. The Labute approximate surface area is 74.3 Å². The van der Waals surface area contributed by atoms with Gasteiger partial charge in [0.05, 0.1) is 6.10 Å². The topological polar surface area (TPSA) is 37.3 Å². The van der Waals surface area contributed by atoms with Gasteiger partial charge in [-0.05, 0) is 24.3 Å². The Morgan fingerprint density at radius 3 is 2.33 bits per heavy atom. The van der Waals surface area contributed by atoms with Crippen LogP contribution in [0.1, 0.15) is 34.1 Å². The second-order valence-electron chi connectivity index (χ2n) is 4.18. The van der Waals surface area contributed by atoms with Crippen molar-refractivity contribution in [3.8, 4) is 0 Å². The van der Waals surface area contributed by atoms with Gasteiger partial charge in [-0.3, -0.25) is 4.79 Å². The highest BCUT2D eigenvalue weighted by molar-refractivity contribution is 5.71. The molecule has 1 unspecified atom stereocenters. The van der Waals surface area contributed by atoms with Crippen molar-refractivity contribution in [2.75, 3.05) is 0 Å². The molecule has 0 fully saturated rings. The summed E-state index contributed by atoms with van der Waals surface area (Å²) in [6.45, 7) is 7.66. The van der Waals surface area contributed by atoms with Crippen LogP contribution in [0, 0.1) is 5.41 Å². The van der Waals surface area contributed by atoms with Gasteiger partial charge in [-0.1, -0.05) is 26.8 Å². The first-order valence-corrected chi connectivity index (χ1v) is 4.18. The highest BCUT2D eigenvalue weighted by atomic mass is 16.3. The summed E-state index contributed by atoms with van der Waals surface area (Å²) in [5.41, 5.74) is 0.568. The lowest BCUT2D eigenvalue weighted by Crippen LogP contribution is -2.25. The number of allylic oxidation sites excluding steroid dienone is 1. The molecule has 0 aromatic rings. The van der Waals surface area contributed by atoms with Gasteiger partial charge in [0, 0.05) is 0 Å². The normalized spacial score (nSPS) is 15.9. The van der Waals surface area contributed by atoms with Gasteiger partial charge in [-0.25, -0.2) is 0 Å². The molecule has 0 amide bonds. The fourth-order valence-corrected chi connectivity index (χ4v) is 0.699. The molecule has 0 aliphatic carbocycles. The molecule has 0 saturated heterocycles. The van der Waals surface area contributed by atoms with Crippen LogP contribution in [0.2, 0.25) is 0 Å². The maximum Gasteiger partial charge on any atom is 0.145 e. The van der Waals surface area contributed by atoms with Gasteiger partial charge in [0.1, 0.15) is 6.29 Å². The average molecular weight is 170 g/mol. The van der Waals surface area contributed by atoms with Gasteiger partial charge < -0.3 is 5.11 Å². The molecule has 70 valence electrons. The van der Waals surface area contributed by atoms with Crippen molar-refractivity contribution in [2.24, 2.45) is 5.41 Å². The molecule has 0 radical (unpaired) electrons. The zero-order chi connectivity index (χ0) is 9.78. The first-order valence-electron chi connectivity index (χ1n) is 4.18. The quantitative estimate of drug-likeness (QED) is 0.519. The van der Waals surface area contributed by atoms with Crippen LogP contribution < -0.4 is 0 Å². The molecule has 0 aromatic carbocycles. The van der Waals surface area contributed by atoms with Crippen LogP contribution in [0.15, 0.2) is 11.6 Å². The Hall–Kier alpha value is -0.630. The van der Waals surface area contributed by atoms with Crippen LogP contribution >= 0.6 is 0 Å². The second-order valence-corrected chi connectivity index (χ2v) is 4.18. The van der Waals surface area contributed by atoms with Gasteiger partial charge in [0.25, 0.3) is 0 Å². The third-order valence-corrected chi connectivity index (χ3v) is 1.85. The molecule has 2 heteroatoms. The SMILES string of the molecule is C/C(C=O)=C\CC(O)C(C)(C)C. The Bertz CT molecular complexity index is 175. The first kappa shape index (κ1) is 11.4. The van der Waals surface area contributed by atoms with Crippen molar-refractivity contribution in [1.82, 2.24) is 0 Å². The van der Waals surface area contributed by atoms with Crippen LogP contribution in [0.4, 0.5) is 0 Å². The molecule has 0 aliphatic rings. The van der Waals surface area contributed by atoms with Gasteiger partial charge >= 0.3 is 0 Å². The van der Waals surface area contributed by atoms with Crippen LogP contribution in [0.5, 0.6) is 0 Å². The molecule has 1 atom stereocenters. The van der Waals surface area contributed by atoms with Crippen LogP contribution in [-0.4, -0.2) is 17.5 Å². The Morgan fingerprint density at radius 2 is 2.00 bits per heavy atom. The number of aliphatic hydroxyl groups excluding tert-OH is 1. The molecule has 2 nitrogen and oxygen atoms in total. The minimum atomic E-state index is -0.382. The summed E-state index contributed by atoms with van der Waals surface area (Å²) in [5.74, 6) is 0. The second kappa shape index (κ2) is 4.41. The van der Waals surface area contributed by atoms with E-state index in [2.05, 4.69) is 0 Å². The maximum atomic E-state index is 10.2. The molecular weight excluding hydrogens is 152 g/mol. The van der Waals surface area contributed by atoms with E-state index in [0.717, 1.165) is 6.29 Å². The molecule has 0 saturated carbocycles. The Kier molecular flexibility index (Phi) is 4.18. The lowest BCUT2D eigenvalue weighted by molar-refractivity contribution is -0.104.